The molecule has 8 heteroatoms. The molecule has 0 unspecified atom stereocenters. The van der Waals surface area contributed by atoms with E-state index in [4.69, 9.17) is 0 Å². The van der Waals surface area contributed by atoms with Crippen LogP contribution in [0, 0.1) is 0 Å². The Morgan fingerprint density at radius 1 is 1.21 bits per heavy atom. The molecule has 1 saturated heterocycles. The Bertz CT molecular complexity index is 760. The van der Waals surface area contributed by atoms with Crippen molar-refractivity contribution in [3.8, 4) is 0 Å². The molecule has 1 aliphatic rings. The van der Waals surface area contributed by atoms with Gasteiger partial charge in [-0.25, -0.2) is 9.98 Å². The van der Waals surface area contributed by atoms with Crippen molar-refractivity contribution in [2.24, 2.45) is 4.99 Å². The monoisotopic (exact) mass is 510 g/mol. The SMILES string of the molecule is CCNC(=NCc1ccc(Cn2ccnc2)cc1)NCCCN1CCCC1=O.I. The summed E-state index contributed by atoms with van der Waals surface area (Å²) in [6.45, 7) is 6.87. The summed E-state index contributed by atoms with van der Waals surface area (Å²) < 4.78 is 2.05. The third-order valence-electron chi connectivity index (χ3n) is 4.78. The molecular formula is C21H31IN6O. The lowest BCUT2D eigenvalue weighted by atomic mass is 10.1. The minimum atomic E-state index is 0. The number of aliphatic imine (C=N–C) groups is 1. The molecule has 29 heavy (non-hydrogen) atoms. The van der Waals surface area contributed by atoms with Crippen LogP contribution in [0.15, 0.2) is 48.0 Å². The fraction of sp³-hybridized carbons (Fsp3) is 0.476. The summed E-state index contributed by atoms with van der Waals surface area (Å²) in [4.78, 5) is 22.3. The molecule has 2 aromatic rings. The second kappa shape index (κ2) is 12.5. The van der Waals surface area contributed by atoms with E-state index in [1.54, 1.807) is 6.20 Å². The van der Waals surface area contributed by atoms with Crippen LogP contribution in [-0.2, 0) is 17.9 Å². The van der Waals surface area contributed by atoms with Gasteiger partial charge in [-0.05, 0) is 30.9 Å². The number of likely N-dealkylation sites (tertiary alicyclic amines) is 1. The lowest BCUT2D eigenvalue weighted by molar-refractivity contribution is -0.127. The van der Waals surface area contributed by atoms with Gasteiger partial charge in [0.2, 0.25) is 5.91 Å². The molecule has 0 saturated carbocycles. The molecule has 1 amide bonds. The van der Waals surface area contributed by atoms with Crippen molar-refractivity contribution in [2.75, 3.05) is 26.2 Å². The van der Waals surface area contributed by atoms with Crippen LogP contribution < -0.4 is 10.6 Å². The van der Waals surface area contributed by atoms with Crippen LogP contribution in [0.2, 0.25) is 0 Å². The van der Waals surface area contributed by atoms with E-state index in [1.807, 2.05) is 17.4 Å². The Morgan fingerprint density at radius 3 is 2.66 bits per heavy atom. The van der Waals surface area contributed by atoms with Gasteiger partial charge in [0.25, 0.3) is 0 Å². The van der Waals surface area contributed by atoms with E-state index < -0.39 is 0 Å². The van der Waals surface area contributed by atoms with E-state index in [2.05, 4.69) is 56.4 Å². The molecule has 2 heterocycles. The first-order valence-electron chi connectivity index (χ1n) is 10.1. The van der Waals surface area contributed by atoms with E-state index in [0.29, 0.717) is 13.0 Å². The summed E-state index contributed by atoms with van der Waals surface area (Å²) >= 11 is 0. The first-order valence-corrected chi connectivity index (χ1v) is 10.1. The highest BCUT2D eigenvalue weighted by molar-refractivity contribution is 14.0. The van der Waals surface area contributed by atoms with Gasteiger partial charge < -0.3 is 20.1 Å². The van der Waals surface area contributed by atoms with Gasteiger partial charge in [0.05, 0.1) is 12.9 Å². The second-order valence-corrected chi connectivity index (χ2v) is 7.01. The molecule has 0 atom stereocenters. The predicted octanol–water partition coefficient (Wildman–Crippen LogP) is 2.62. The number of nitrogens with zero attached hydrogens (tertiary/aromatic N) is 4. The van der Waals surface area contributed by atoms with Gasteiger partial charge in [-0.2, -0.15) is 0 Å². The van der Waals surface area contributed by atoms with Gasteiger partial charge in [0.1, 0.15) is 0 Å². The summed E-state index contributed by atoms with van der Waals surface area (Å²) in [5, 5.41) is 6.64. The zero-order valence-corrected chi connectivity index (χ0v) is 19.3. The third-order valence-corrected chi connectivity index (χ3v) is 4.78. The predicted molar refractivity (Wildman–Crippen MR) is 126 cm³/mol. The van der Waals surface area contributed by atoms with Gasteiger partial charge in [-0.1, -0.05) is 24.3 Å². The first kappa shape index (κ1) is 23.2. The van der Waals surface area contributed by atoms with Crippen LogP contribution in [0.5, 0.6) is 0 Å². The van der Waals surface area contributed by atoms with Crippen molar-refractivity contribution in [2.45, 2.75) is 39.3 Å². The Kier molecular flexibility index (Phi) is 9.96. The van der Waals surface area contributed by atoms with Crippen LogP contribution in [0.4, 0.5) is 0 Å². The van der Waals surface area contributed by atoms with Crippen LogP contribution in [0.1, 0.15) is 37.3 Å². The van der Waals surface area contributed by atoms with Crippen molar-refractivity contribution in [3.63, 3.8) is 0 Å². The Hall–Kier alpha value is -2.10. The average molecular weight is 510 g/mol. The van der Waals surface area contributed by atoms with Crippen LogP contribution >= 0.6 is 24.0 Å². The molecule has 1 fully saturated rings. The fourth-order valence-electron chi connectivity index (χ4n) is 3.27. The highest BCUT2D eigenvalue weighted by atomic mass is 127. The van der Waals surface area contributed by atoms with E-state index in [1.165, 1.54) is 11.1 Å². The highest BCUT2D eigenvalue weighted by Gasteiger charge is 2.18. The minimum Gasteiger partial charge on any atom is -0.357 e. The lowest BCUT2D eigenvalue weighted by Crippen LogP contribution is -2.39. The molecular weight excluding hydrogens is 479 g/mol. The number of nitrogens with one attached hydrogen (secondary N) is 2. The number of amides is 1. The largest absolute Gasteiger partial charge is 0.357 e. The van der Waals surface area contributed by atoms with E-state index in [9.17, 15) is 4.79 Å². The molecule has 158 valence electrons. The Balaban J connectivity index is 0.00000300. The zero-order chi connectivity index (χ0) is 19.6. The number of benzene rings is 1. The van der Waals surface area contributed by atoms with E-state index >= 15 is 0 Å². The number of guanidine groups is 1. The molecule has 1 aromatic carbocycles. The topological polar surface area (TPSA) is 74.6 Å². The average Bonchev–Trinajstić information content (AvgIpc) is 3.36. The van der Waals surface area contributed by atoms with Gasteiger partial charge in [-0.3, -0.25) is 4.79 Å². The van der Waals surface area contributed by atoms with Gasteiger partial charge in [0.15, 0.2) is 5.96 Å². The molecule has 1 aliphatic heterocycles. The van der Waals surface area contributed by atoms with Gasteiger partial charge in [-0.15, -0.1) is 24.0 Å². The molecule has 7 nitrogen and oxygen atoms in total. The summed E-state index contributed by atoms with van der Waals surface area (Å²) in [6, 6.07) is 8.52. The molecule has 0 bridgehead atoms. The van der Waals surface area contributed by atoms with Crippen LogP contribution in [0.25, 0.3) is 0 Å². The van der Waals surface area contributed by atoms with Gasteiger partial charge >= 0.3 is 0 Å². The number of hydrogen-bond donors (Lipinski definition) is 2. The summed E-state index contributed by atoms with van der Waals surface area (Å²) in [7, 11) is 0. The number of rotatable bonds is 9. The number of hydrogen-bond acceptors (Lipinski definition) is 3. The second-order valence-electron chi connectivity index (χ2n) is 7.01. The minimum absolute atomic E-state index is 0. The zero-order valence-electron chi connectivity index (χ0n) is 17.0. The lowest BCUT2D eigenvalue weighted by Gasteiger charge is -2.16. The normalized spacial score (nSPS) is 14.0. The maximum atomic E-state index is 11.6. The number of carbonyl (C=O) groups is 1. The number of carbonyl (C=O) groups excluding carboxylic acids is 1. The molecule has 2 N–H and O–H groups in total. The van der Waals surface area contributed by atoms with E-state index in [0.717, 1.165) is 51.5 Å². The maximum Gasteiger partial charge on any atom is 0.222 e. The van der Waals surface area contributed by atoms with E-state index in [-0.39, 0.29) is 29.9 Å². The van der Waals surface area contributed by atoms with Gasteiger partial charge in [0, 0.05) is 51.5 Å². The molecule has 0 radical (unpaired) electrons. The maximum absolute atomic E-state index is 11.6. The smallest absolute Gasteiger partial charge is 0.222 e. The third kappa shape index (κ3) is 7.68. The standard InChI is InChI=1S/C21H30N6O.HI/c1-2-23-21(24-10-4-13-27-12-3-5-20(27)28)25-15-18-6-8-19(9-7-18)16-26-14-11-22-17-26;/h6-9,11,14,17H,2-5,10,12-13,15-16H2,1H3,(H2,23,24,25);1H. The van der Waals surface area contributed by atoms with Crippen molar-refractivity contribution in [1.29, 1.82) is 0 Å². The first-order chi connectivity index (χ1) is 13.7. The quantitative estimate of drug-likeness (QED) is 0.236. The summed E-state index contributed by atoms with van der Waals surface area (Å²) in [5.74, 6) is 1.11. The van der Waals surface area contributed by atoms with Crippen molar-refractivity contribution in [1.82, 2.24) is 25.1 Å². The number of halogens is 1. The van der Waals surface area contributed by atoms with Crippen molar-refractivity contribution >= 4 is 35.8 Å². The highest BCUT2D eigenvalue weighted by Crippen LogP contribution is 2.09. The van der Waals surface area contributed by atoms with Crippen LogP contribution in [0.3, 0.4) is 0 Å². The molecule has 0 aliphatic carbocycles. The molecule has 0 spiro atoms. The number of imidazole rings is 1. The fourth-order valence-corrected chi connectivity index (χ4v) is 3.27. The number of aromatic nitrogens is 2. The van der Waals surface area contributed by atoms with Crippen LogP contribution in [-0.4, -0.2) is 52.5 Å². The Labute approximate surface area is 190 Å². The van der Waals surface area contributed by atoms with Crippen molar-refractivity contribution < 1.29 is 4.79 Å². The summed E-state index contributed by atoms with van der Waals surface area (Å²) in [6.07, 6.45) is 8.22. The summed E-state index contributed by atoms with van der Waals surface area (Å²) in [5.41, 5.74) is 2.42. The Morgan fingerprint density at radius 2 is 2.00 bits per heavy atom. The molecule has 3 rings (SSSR count). The van der Waals surface area contributed by atoms with Crippen molar-refractivity contribution in [3.05, 3.63) is 54.1 Å². The molecule has 1 aromatic heterocycles.